The topological polar surface area (TPSA) is 115 Å². The molecule has 0 bridgehead atoms. The van der Waals surface area contributed by atoms with Crippen LogP contribution in [-0.2, 0) is 4.79 Å². The molecular formula is C15H13N3O4S. The van der Waals surface area contributed by atoms with Gasteiger partial charge in [-0.1, -0.05) is 18.2 Å². The molecule has 2 aromatic rings. The number of hydrogen-bond acceptors (Lipinski definition) is 5. The molecule has 0 saturated heterocycles. The van der Waals surface area contributed by atoms with E-state index in [1.807, 2.05) is 6.07 Å². The lowest BCUT2D eigenvalue weighted by Gasteiger charge is -2.06. The van der Waals surface area contributed by atoms with Crippen LogP contribution in [-0.4, -0.2) is 22.5 Å². The van der Waals surface area contributed by atoms with Crippen molar-refractivity contribution in [1.82, 2.24) is 0 Å². The number of nitro benzene ring substituents is 1. The zero-order chi connectivity index (χ0) is 16.8. The number of carbonyl (C=O) groups is 2. The summed E-state index contributed by atoms with van der Waals surface area (Å²) in [4.78, 5) is 33.7. The molecule has 8 heteroatoms. The first-order chi connectivity index (χ1) is 11.0. The number of nitrogens with zero attached hydrogens (tertiary/aromatic N) is 1. The number of amides is 2. The van der Waals surface area contributed by atoms with E-state index in [0.717, 1.165) is 17.8 Å². The number of nitrogens with two attached hydrogens (primary N) is 1. The normalized spacial score (nSPS) is 10.1. The van der Waals surface area contributed by atoms with Crippen LogP contribution in [0.5, 0.6) is 0 Å². The van der Waals surface area contributed by atoms with Gasteiger partial charge in [-0.3, -0.25) is 19.7 Å². The Balaban J connectivity index is 2.06. The number of benzene rings is 2. The summed E-state index contributed by atoms with van der Waals surface area (Å²) in [5, 5.41) is 13.8. The highest BCUT2D eigenvalue weighted by molar-refractivity contribution is 8.00. The van der Waals surface area contributed by atoms with Gasteiger partial charge in [0.1, 0.15) is 0 Å². The van der Waals surface area contributed by atoms with E-state index in [1.165, 1.54) is 12.1 Å². The summed E-state index contributed by atoms with van der Waals surface area (Å²) in [6.45, 7) is 0. The van der Waals surface area contributed by atoms with Crippen LogP contribution in [0.1, 0.15) is 10.4 Å². The van der Waals surface area contributed by atoms with Gasteiger partial charge in [-0.25, -0.2) is 0 Å². The summed E-state index contributed by atoms with van der Waals surface area (Å²) in [6, 6.07) is 12.8. The van der Waals surface area contributed by atoms with Crippen LogP contribution < -0.4 is 11.1 Å². The quantitative estimate of drug-likeness (QED) is 0.479. The lowest BCUT2D eigenvalue weighted by molar-refractivity contribution is -0.387. The molecule has 0 aliphatic heterocycles. The van der Waals surface area contributed by atoms with E-state index >= 15 is 0 Å². The molecule has 2 rings (SSSR count). The molecule has 0 spiro atoms. The second kappa shape index (κ2) is 7.41. The second-order valence-electron chi connectivity index (χ2n) is 4.51. The zero-order valence-corrected chi connectivity index (χ0v) is 12.7. The molecule has 0 aliphatic carbocycles. The SMILES string of the molecule is NC(=O)c1ccc(SCC(=O)Nc2ccccc2)c([N+](=O)[O-])c1. The summed E-state index contributed by atoms with van der Waals surface area (Å²) in [5.41, 5.74) is 5.56. The molecule has 0 aromatic heterocycles. The van der Waals surface area contributed by atoms with Gasteiger partial charge in [-0.05, 0) is 24.3 Å². The number of nitrogens with one attached hydrogen (secondary N) is 1. The minimum atomic E-state index is -0.744. The van der Waals surface area contributed by atoms with Crippen LogP contribution in [0.25, 0.3) is 0 Å². The van der Waals surface area contributed by atoms with E-state index in [1.54, 1.807) is 24.3 Å². The molecule has 23 heavy (non-hydrogen) atoms. The van der Waals surface area contributed by atoms with Crippen molar-refractivity contribution < 1.29 is 14.5 Å². The third-order valence-corrected chi connectivity index (χ3v) is 3.92. The number of carbonyl (C=O) groups excluding carboxylic acids is 2. The van der Waals surface area contributed by atoms with Crippen molar-refractivity contribution in [1.29, 1.82) is 0 Å². The number of primary amides is 1. The molecule has 0 unspecified atom stereocenters. The minimum absolute atomic E-state index is 0.00561. The van der Waals surface area contributed by atoms with Crippen molar-refractivity contribution in [2.24, 2.45) is 5.73 Å². The van der Waals surface area contributed by atoms with Gasteiger partial charge in [0.05, 0.1) is 15.6 Å². The van der Waals surface area contributed by atoms with E-state index < -0.39 is 10.8 Å². The summed E-state index contributed by atoms with van der Waals surface area (Å²) in [7, 11) is 0. The van der Waals surface area contributed by atoms with E-state index in [4.69, 9.17) is 5.73 Å². The third kappa shape index (κ3) is 4.55. The first-order valence-electron chi connectivity index (χ1n) is 6.53. The molecular weight excluding hydrogens is 318 g/mol. The molecule has 2 aromatic carbocycles. The predicted molar refractivity (Wildman–Crippen MR) is 87.4 cm³/mol. The number of nitro groups is 1. The molecule has 0 saturated carbocycles. The first kappa shape index (κ1) is 16.5. The van der Waals surface area contributed by atoms with Crippen molar-refractivity contribution in [3.63, 3.8) is 0 Å². The van der Waals surface area contributed by atoms with Crippen molar-refractivity contribution in [2.45, 2.75) is 4.90 Å². The van der Waals surface area contributed by atoms with Crippen molar-refractivity contribution >= 4 is 35.0 Å². The average molecular weight is 331 g/mol. The fraction of sp³-hybridized carbons (Fsp3) is 0.0667. The van der Waals surface area contributed by atoms with Crippen LogP contribution in [0.3, 0.4) is 0 Å². The Hall–Kier alpha value is -2.87. The van der Waals surface area contributed by atoms with Crippen molar-refractivity contribution in [2.75, 3.05) is 11.1 Å². The molecule has 0 aliphatic rings. The molecule has 0 fully saturated rings. The Morgan fingerprint density at radius 1 is 1.17 bits per heavy atom. The number of hydrogen-bond donors (Lipinski definition) is 2. The molecule has 3 N–H and O–H groups in total. The lowest BCUT2D eigenvalue weighted by Crippen LogP contribution is -2.14. The molecule has 118 valence electrons. The van der Waals surface area contributed by atoms with Crippen LogP contribution >= 0.6 is 11.8 Å². The van der Waals surface area contributed by atoms with E-state index in [9.17, 15) is 19.7 Å². The van der Waals surface area contributed by atoms with Crippen LogP contribution in [0.4, 0.5) is 11.4 Å². The molecule has 2 amide bonds. The summed E-state index contributed by atoms with van der Waals surface area (Å²) >= 11 is 1.02. The predicted octanol–water partition coefficient (Wildman–Crippen LogP) is 2.42. The maximum Gasteiger partial charge on any atom is 0.283 e. The Morgan fingerprint density at radius 3 is 2.48 bits per heavy atom. The summed E-state index contributed by atoms with van der Waals surface area (Å²) < 4.78 is 0. The monoisotopic (exact) mass is 331 g/mol. The van der Waals surface area contributed by atoms with E-state index in [0.29, 0.717) is 10.6 Å². The Morgan fingerprint density at radius 2 is 1.87 bits per heavy atom. The molecule has 0 radical (unpaired) electrons. The fourth-order valence-corrected chi connectivity index (χ4v) is 2.60. The van der Waals surface area contributed by atoms with Gasteiger partial charge in [0.2, 0.25) is 11.8 Å². The van der Waals surface area contributed by atoms with Crippen LogP contribution in [0.15, 0.2) is 53.4 Å². The fourth-order valence-electron chi connectivity index (χ4n) is 1.80. The van der Waals surface area contributed by atoms with Crippen molar-refractivity contribution in [3.8, 4) is 0 Å². The molecule has 0 heterocycles. The highest BCUT2D eigenvalue weighted by Gasteiger charge is 2.18. The van der Waals surface area contributed by atoms with E-state index in [2.05, 4.69) is 5.32 Å². The number of anilines is 1. The number of thioether (sulfide) groups is 1. The van der Waals surface area contributed by atoms with Crippen molar-refractivity contribution in [3.05, 3.63) is 64.2 Å². The smallest absolute Gasteiger partial charge is 0.283 e. The standard InChI is InChI=1S/C15H13N3O4S/c16-15(20)10-6-7-13(12(8-10)18(21)22)23-9-14(19)17-11-4-2-1-3-5-11/h1-8H,9H2,(H2,16,20)(H,17,19). The summed E-state index contributed by atoms with van der Waals surface area (Å²) in [5.74, 6) is -1.02. The van der Waals surface area contributed by atoms with Gasteiger partial charge in [-0.2, -0.15) is 0 Å². The minimum Gasteiger partial charge on any atom is -0.366 e. The average Bonchev–Trinajstić information content (AvgIpc) is 2.53. The van der Waals surface area contributed by atoms with Gasteiger partial charge >= 0.3 is 0 Å². The maximum atomic E-state index is 11.9. The van der Waals surface area contributed by atoms with Gasteiger partial charge in [0, 0.05) is 17.3 Å². The van der Waals surface area contributed by atoms with Gasteiger partial charge < -0.3 is 11.1 Å². The first-order valence-corrected chi connectivity index (χ1v) is 7.52. The highest BCUT2D eigenvalue weighted by Crippen LogP contribution is 2.30. The Kier molecular flexibility index (Phi) is 5.32. The lowest BCUT2D eigenvalue weighted by atomic mass is 10.2. The number of rotatable bonds is 6. The van der Waals surface area contributed by atoms with Crippen LogP contribution in [0, 0.1) is 10.1 Å². The van der Waals surface area contributed by atoms with Gasteiger partial charge in [-0.15, -0.1) is 11.8 Å². The van der Waals surface area contributed by atoms with E-state index in [-0.39, 0.29) is 22.9 Å². The molecule has 7 nitrogen and oxygen atoms in total. The van der Waals surface area contributed by atoms with Gasteiger partial charge in [0.15, 0.2) is 0 Å². The zero-order valence-electron chi connectivity index (χ0n) is 11.9. The highest BCUT2D eigenvalue weighted by atomic mass is 32.2. The Labute approximate surface area is 136 Å². The third-order valence-electron chi connectivity index (χ3n) is 2.86. The van der Waals surface area contributed by atoms with Crippen LogP contribution in [0.2, 0.25) is 0 Å². The molecule has 0 atom stereocenters. The number of para-hydroxylation sites is 1. The Bertz CT molecular complexity index is 750. The largest absolute Gasteiger partial charge is 0.366 e. The second-order valence-corrected chi connectivity index (χ2v) is 5.52. The van der Waals surface area contributed by atoms with Gasteiger partial charge in [0.25, 0.3) is 5.69 Å². The summed E-state index contributed by atoms with van der Waals surface area (Å²) in [6.07, 6.45) is 0. The maximum absolute atomic E-state index is 11.9.